The van der Waals surface area contributed by atoms with Gasteiger partial charge in [-0.25, -0.2) is 0 Å². The van der Waals surface area contributed by atoms with E-state index in [1.54, 1.807) is 13.0 Å². The molecule has 2 aromatic rings. The number of aryl methyl sites for hydroxylation is 1. The van der Waals surface area contributed by atoms with Gasteiger partial charge < -0.3 is 5.11 Å². The van der Waals surface area contributed by atoms with Crippen LogP contribution >= 0.6 is 0 Å². The average molecular weight is 246 g/mol. The third kappa shape index (κ3) is 2.27. The van der Waals surface area contributed by atoms with Crippen LogP contribution in [-0.4, -0.2) is 21.0 Å². The Morgan fingerprint density at radius 3 is 2.78 bits per heavy atom. The van der Waals surface area contributed by atoms with Crippen molar-refractivity contribution in [2.24, 2.45) is 0 Å². The summed E-state index contributed by atoms with van der Waals surface area (Å²) < 4.78 is 0. The Balaban J connectivity index is 2.69. The maximum atomic E-state index is 10.8. The van der Waals surface area contributed by atoms with Gasteiger partial charge in [-0.05, 0) is 24.6 Å². The minimum atomic E-state index is -0.978. The van der Waals surface area contributed by atoms with Gasteiger partial charge in [0.25, 0.3) is 5.69 Å². The lowest BCUT2D eigenvalue weighted by Crippen LogP contribution is -2.02. The highest BCUT2D eigenvalue weighted by atomic mass is 16.6. The lowest BCUT2D eigenvalue weighted by Gasteiger charge is -2.05. The molecule has 0 aliphatic heterocycles. The summed E-state index contributed by atoms with van der Waals surface area (Å²) in [4.78, 5) is 25.2. The van der Waals surface area contributed by atoms with Crippen molar-refractivity contribution >= 4 is 22.6 Å². The zero-order chi connectivity index (χ0) is 13.3. The Bertz CT molecular complexity index is 652. The number of hydrogen-bond donors (Lipinski definition) is 1. The molecule has 92 valence electrons. The van der Waals surface area contributed by atoms with E-state index in [9.17, 15) is 14.9 Å². The fraction of sp³-hybridized carbons (Fsp3) is 0.167. The van der Waals surface area contributed by atoms with Crippen molar-refractivity contribution in [2.75, 3.05) is 0 Å². The van der Waals surface area contributed by atoms with E-state index >= 15 is 0 Å². The predicted molar refractivity (Wildman–Crippen MR) is 64.5 cm³/mol. The number of aromatic nitrogens is 1. The van der Waals surface area contributed by atoms with Crippen LogP contribution in [0.4, 0.5) is 5.69 Å². The van der Waals surface area contributed by atoms with Crippen molar-refractivity contribution in [1.82, 2.24) is 4.98 Å². The third-order valence-corrected chi connectivity index (χ3v) is 2.56. The van der Waals surface area contributed by atoms with Gasteiger partial charge in [-0.3, -0.25) is 19.9 Å². The molecule has 2 rings (SSSR count). The number of rotatable bonds is 3. The number of carboxylic acids is 1. The molecule has 0 saturated carbocycles. The summed E-state index contributed by atoms with van der Waals surface area (Å²) in [5, 5.41) is 20.1. The first-order valence-corrected chi connectivity index (χ1v) is 5.24. The standard InChI is InChI=1S/C12H10N2O4/c1-7-4-8(5-12(15)16)10-6-9(14(17)18)2-3-11(10)13-7/h2-4,6H,5H2,1H3,(H,15,16). The fourth-order valence-corrected chi connectivity index (χ4v) is 1.85. The monoisotopic (exact) mass is 246 g/mol. The topological polar surface area (TPSA) is 93.3 Å². The van der Waals surface area contributed by atoms with Gasteiger partial charge >= 0.3 is 5.97 Å². The summed E-state index contributed by atoms with van der Waals surface area (Å²) in [5.41, 5.74) is 1.72. The number of nitro groups is 1. The van der Waals surface area contributed by atoms with Crippen molar-refractivity contribution in [1.29, 1.82) is 0 Å². The van der Waals surface area contributed by atoms with Crippen LogP contribution in [0.1, 0.15) is 11.3 Å². The molecule has 0 bridgehead atoms. The second kappa shape index (κ2) is 4.40. The van der Waals surface area contributed by atoms with Crippen LogP contribution in [-0.2, 0) is 11.2 Å². The third-order valence-electron chi connectivity index (χ3n) is 2.56. The molecule has 6 nitrogen and oxygen atoms in total. The summed E-state index contributed by atoms with van der Waals surface area (Å²) in [6.45, 7) is 1.76. The first-order chi connectivity index (χ1) is 8.47. The van der Waals surface area contributed by atoms with Gasteiger partial charge in [0, 0.05) is 23.2 Å². The molecule has 6 heteroatoms. The van der Waals surface area contributed by atoms with E-state index in [0.29, 0.717) is 22.2 Å². The number of carbonyl (C=O) groups is 1. The fourth-order valence-electron chi connectivity index (χ4n) is 1.85. The van der Waals surface area contributed by atoms with Crippen molar-refractivity contribution in [3.8, 4) is 0 Å². The Labute approximate surface area is 102 Å². The summed E-state index contributed by atoms with van der Waals surface area (Å²) in [5.74, 6) is -0.978. The summed E-state index contributed by atoms with van der Waals surface area (Å²) in [6, 6.07) is 5.89. The molecule has 0 unspecified atom stereocenters. The molecular formula is C12H10N2O4. The summed E-state index contributed by atoms with van der Waals surface area (Å²) in [6.07, 6.45) is -0.180. The number of carboxylic acid groups (broad SMARTS) is 1. The van der Waals surface area contributed by atoms with Crippen molar-refractivity contribution in [3.05, 3.63) is 45.6 Å². The lowest BCUT2D eigenvalue weighted by molar-refractivity contribution is -0.384. The highest BCUT2D eigenvalue weighted by molar-refractivity contribution is 5.87. The van der Waals surface area contributed by atoms with Crippen LogP contribution in [0, 0.1) is 17.0 Å². The van der Waals surface area contributed by atoms with Crippen LogP contribution in [0.25, 0.3) is 10.9 Å². The number of non-ortho nitro benzene ring substituents is 1. The van der Waals surface area contributed by atoms with Gasteiger partial charge in [-0.2, -0.15) is 0 Å². The first-order valence-electron chi connectivity index (χ1n) is 5.24. The lowest BCUT2D eigenvalue weighted by atomic mass is 10.0. The largest absolute Gasteiger partial charge is 0.481 e. The first kappa shape index (κ1) is 12.0. The van der Waals surface area contributed by atoms with Crippen molar-refractivity contribution < 1.29 is 14.8 Å². The normalized spacial score (nSPS) is 10.5. The molecule has 0 radical (unpaired) electrons. The van der Waals surface area contributed by atoms with E-state index < -0.39 is 10.9 Å². The number of nitro benzene ring substituents is 1. The Hall–Kier alpha value is -2.50. The van der Waals surface area contributed by atoms with Crippen molar-refractivity contribution in [2.45, 2.75) is 13.3 Å². The van der Waals surface area contributed by atoms with Crippen LogP contribution in [0.3, 0.4) is 0 Å². The zero-order valence-electron chi connectivity index (χ0n) is 9.58. The second-order valence-electron chi connectivity index (χ2n) is 3.95. The van der Waals surface area contributed by atoms with Crippen LogP contribution in [0.2, 0.25) is 0 Å². The van der Waals surface area contributed by atoms with E-state index in [1.165, 1.54) is 18.2 Å². The maximum Gasteiger partial charge on any atom is 0.307 e. The molecule has 1 aromatic heterocycles. The van der Waals surface area contributed by atoms with E-state index in [0.717, 1.165) is 0 Å². The van der Waals surface area contributed by atoms with Gasteiger partial charge in [0.1, 0.15) is 0 Å². The van der Waals surface area contributed by atoms with E-state index in [2.05, 4.69) is 4.98 Å². The number of fused-ring (bicyclic) bond motifs is 1. The molecule has 0 spiro atoms. The number of pyridine rings is 1. The Morgan fingerprint density at radius 1 is 1.44 bits per heavy atom. The summed E-state index contributed by atoms with van der Waals surface area (Å²) >= 11 is 0. The number of aliphatic carboxylic acids is 1. The molecule has 0 amide bonds. The highest BCUT2D eigenvalue weighted by Gasteiger charge is 2.12. The SMILES string of the molecule is Cc1cc(CC(=O)O)c2cc([N+](=O)[O-])ccc2n1. The van der Waals surface area contributed by atoms with Crippen LogP contribution in [0.15, 0.2) is 24.3 Å². The molecule has 0 aliphatic carbocycles. The van der Waals surface area contributed by atoms with Gasteiger partial charge in [-0.15, -0.1) is 0 Å². The Morgan fingerprint density at radius 2 is 2.17 bits per heavy atom. The van der Waals surface area contributed by atoms with Crippen LogP contribution < -0.4 is 0 Å². The number of benzene rings is 1. The van der Waals surface area contributed by atoms with Gasteiger partial charge in [0.15, 0.2) is 0 Å². The van der Waals surface area contributed by atoms with Gasteiger partial charge in [0.2, 0.25) is 0 Å². The molecule has 0 saturated heterocycles. The number of hydrogen-bond acceptors (Lipinski definition) is 4. The zero-order valence-corrected chi connectivity index (χ0v) is 9.58. The minimum absolute atomic E-state index is 0.0696. The molecule has 1 aromatic carbocycles. The summed E-state index contributed by atoms with van der Waals surface area (Å²) in [7, 11) is 0. The molecule has 0 atom stereocenters. The predicted octanol–water partition coefficient (Wildman–Crippen LogP) is 2.08. The average Bonchev–Trinajstić information content (AvgIpc) is 2.27. The van der Waals surface area contributed by atoms with E-state index in [-0.39, 0.29) is 12.1 Å². The maximum absolute atomic E-state index is 10.8. The molecule has 0 aliphatic rings. The van der Waals surface area contributed by atoms with Gasteiger partial charge in [0.05, 0.1) is 16.9 Å². The van der Waals surface area contributed by atoms with Crippen molar-refractivity contribution in [3.63, 3.8) is 0 Å². The highest BCUT2D eigenvalue weighted by Crippen LogP contribution is 2.24. The molecule has 1 N–H and O–H groups in total. The molecule has 1 heterocycles. The molecular weight excluding hydrogens is 236 g/mol. The molecule has 0 fully saturated rings. The number of nitrogens with zero attached hydrogens (tertiary/aromatic N) is 2. The second-order valence-corrected chi connectivity index (χ2v) is 3.95. The minimum Gasteiger partial charge on any atom is -0.481 e. The van der Waals surface area contributed by atoms with Gasteiger partial charge in [-0.1, -0.05) is 0 Å². The van der Waals surface area contributed by atoms with Crippen LogP contribution in [0.5, 0.6) is 0 Å². The van der Waals surface area contributed by atoms with E-state index in [4.69, 9.17) is 5.11 Å². The Kier molecular flexibility index (Phi) is 2.93. The van der Waals surface area contributed by atoms with E-state index in [1.807, 2.05) is 0 Å². The quantitative estimate of drug-likeness (QED) is 0.661. The smallest absolute Gasteiger partial charge is 0.307 e. The molecule has 18 heavy (non-hydrogen) atoms.